The Balaban J connectivity index is 2.70. The summed E-state index contributed by atoms with van der Waals surface area (Å²) >= 11 is 0. The van der Waals surface area contributed by atoms with Crippen LogP contribution in [0, 0.1) is 11.6 Å². The van der Waals surface area contributed by atoms with E-state index in [0.717, 1.165) is 18.2 Å². The number of halogens is 2. The van der Waals surface area contributed by atoms with Gasteiger partial charge in [-0.3, -0.25) is 0 Å². The van der Waals surface area contributed by atoms with Crippen LogP contribution in [0.2, 0.25) is 0 Å². The fourth-order valence-electron chi connectivity index (χ4n) is 0.815. The van der Waals surface area contributed by atoms with Crippen LogP contribution in [-0.2, 0) is 0 Å². The van der Waals surface area contributed by atoms with Gasteiger partial charge >= 0.3 is 0 Å². The fraction of sp³-hybridized carbons (Fsp3) is 0.333. The van der Waals surface area contributed by atoms with Crippen LogP contribution in [-0.4, -0.2) is 6.04 Å². The molecule has 0 amide bonds. The van der Waals surface area contributed by atoms with Gasteiger partial charge in [0.15, 0.2) is 0 Å². The van der Waals surface area contributed by atoms with E-state index in [1.165, 1.54) is 0 Å². The van der Waals surface area contributed by atoms with Crippen LogP contribution in [0.25, 0.3) is 0 Å². The van der Waals surface area contributed by atoms with E-state index in [1.807, 2.05) is 13.8 Å². The van der Waals surface area contributed by atoms with E-state index in [0.29, 0.717) is 0 Å². The predicted molar refractivity (Wildman–Crippen MR) is 48.3 cm³/mol. The Morgan fingerprint density at radius 3 is 2.54 bits per heavy atom. The normalized spacial score (nSPS) is 10.5. The molecule has 0 aliphatic carbocycles. The smallest absolute Gasteiger partial charge is 0.147 e. The summed E-state index contributed by atoms with van der Waals surface area (Å²) in [6.07, 6.45) is 0. The molecule has 0 unspecified atom stereocenters. The highest BCUT2D eigenvalue weighted by atomic mass is 19.1. The summed E-state index contributed by atoms with van der Waals surface area (Å²) in [5.74, 6) is -0.941. The molecule has 0 saturated carbocycles. The lowest BCUT2D eigenvalue weighted by atomic mass is 10.3. The second-order valence-corrected chi connectivity index (χ2v) is 3.05. The van der Waals surface area contributed by atoms with Gasteiger partial charge in [0.25, 0.3) is 0 Å². The maximum atomic E-state index is 13.0. The van der Waals surface area contributed by atoms with E-state index < -0.39 is 11.6 Å². The zero-order valence-corrected chi connectivity index (χ0v) is 7.57. The van der Waals surface area contributed by atoms with Crippen LogP contribution >= 0.6 is 0 Å². The van der Waals surface area contributed by atoms with Crippen LogP contribution in [0.5, 0.6) is 0 Å². The average molecular weight is 186 g/mol. The van der Waals surface area contributed by atoms with Gasteiger partial charge in [-0.05, 0) is 26.0 Å². The first kappa shape index (κ1) is 9.92. The molecule has 1 aromatic rings. The molecule has 0 bridgehead atoms. The quantitative estimate of drug-likeness (QED) is 0.708. The largest absolute Gasteiger partial charge is 0.318 e. The summed E-state index contributed by atoms with van der Waals surface area (Å²) in [5, 5.41) is 0. The van der Waals surface area contributed by atoms with E-state index in [1.54, 1.807) is 0 Å². The zero-order chi connectivity index (χ0) is 9.84. The van der Waals surface area contributed by atoms with Crippen molar-refractivity contribution in [2.24, 2.45) is 0 Å². The Bertz CT molecular complexity index is 287. The molecular weight excluding hydrogens is 174 g/mol. The van der Waals surface area contributed by atoms with Crippen LogP contribution < -0.4 is 10.9 Å². The summed E-state index contributed by atoms with van der Waals surface area (Å²) in [7, 11) is 0. The summed E-state index contributed by atoms with van der Waals surface area (Å²) in [5.41, 5.74) is 5.48. The Morgan fingerprint density at radius 1 is 1.23 bits per heavy atom. The number of nitrogens with one attached hydrogen (secondary N) is 2. The molecule has 13 heavy (non-hydrogen) atoms. The molecule has 0 aromatic heterocycles. The van der Waals surface area contributed by atoms with Gasteiger partial charge in [-0.1, -0.05) is 0 Å². The molecule has 2 nitrogen and oxygen atoms in total. The van der Waals surface area contributed by atoms with Gasteiger partial charge in [0.2, 0.25) is 0 Å². The van der Waals surface area contributed by atoms with Crippen molar-refractivity contribution in [1.82, 2.24) is 5.43 Å². The Morgan fingerprint density at radius 2 is 1.92 bits per heavy atom. The molecule has 0 saturated heterocycles. The van der Waals surface area contributed by atoms with Crippen molar-refractivity contribution >= 4 is 5.69 Å². The number of hydrazine groups is 1. The summed E-state index contributed by atoms with van der Waals surface area (Å²) < 4.78 is 25.6. The van der Waals surface area contributed by atoms with Crippen LogP contribution in [0.4, 0.5) is 14.5 Å². The van der Waals surface area contributed by atoms with E-state index in [-0.39, 0.29) is 11.7 Å². The lowest BCUT2D eigenvalue weighted by Crippen LogP contribution is -2.29. The Hall–Kier alpha value is -1.16. The van der Waals surface area contributed by atoms with Crippen molar-refractivity contribution in [3.63, 3.8) is 0 Å². The minimum atomic E-state index is -0.477. The SMILES string of the molecule is CC(C)NNc1cc(F)ccc1F. The molecule has 4 heteroatoms. The minimum absolute atomic E-state index is 0.119. The monoisotopic (exact) mass is 186 g/mol. The number of rotatable bonds is 3. The summed E-state index contributed by atoms with van der Waals surface area (Å²) in [6.45, 7) is 3.79. The second-order valence-electron chi connectivity index (χ2n) is 3.05. The molecule has 0 radical (unpaired) electrons. The van der Waals surface area contributed by atoms with E-state index in [4.69, 9.17) is 0 Å². The maximum Gasteiger partial charge on any atom is 0.147 e. The molecule has 0 spiro atoms. The van der Waals surface area contributed by atoms with Gasteiger partial charge < -0.3 is 5.43 Å². The lowest BCUT2D eigenvalue weighted by Gasteiger charge is -2.11. The molecule has 0 aliphatic heterocycles. The number of hydrogen-bond donors (Lipinski definition) is 2. The predicted octanol–water partition coefficient (Wildman–Crippen LogP) is 2.29. The number of hydrogen-bond acceptors (Lipinski definition) is 2. The molecule has 0 fully saturated rings. The third kappa shape index (κ3) is 2.99. The molecule has 0 atom stereocenters. The summed E-state index contributed by atoms with van der Waals surface area (Å²) in [6, 6.07) is 3.42. The third-order valence-corrected chi connectivity index (χ3v) is 1.42. The van der Waals surface area contributed by atoms with Gasteiger partial charge in [0, 0.05) is 12.1 Å². The fourth-order valence-corrected chi connectivity index (χ4v) is 0.815. The van der Waals surface area contributed by atoms with Gasteiger partial charge in [-0.25, -0.2) is 14.2 Å². The highest BCUT2D eigenvalue weighted by molar-refractivity contribution is 5.43. The van der Waals surface area contributed by atoms with Crippen molar-refractivity contribution < 1.29 is 8.78 Å². The average Bonchev–Trinajstić information content (AvgIpc) is 2.06. The van der Waals surface area contributed by atoms with Crippen molar-refractivity contribution in [2.75, 3.05) is 5.43 Å². The summed E-state index contributed by atoms with van der Waals surface area (Å²) in [4.78, 5) is 0. The highest BCUT2D eigenvalue weighted by Gasteiger charge is 2.02. The zero-order valence-electron chi connectivity index (χ0n) is 7.57. The molecule has 0 aliphatic rings. The number of anilines is 1. The Kier molecular flexibility index (Phi) is 3.19. The van der Waals surface area contributed by atoms with Gasteiger partial charge in [-0.2, -0.15) is 0 Å². The van der Waals surface area contributed by atoms with Gasteiger partial charge in [0.05, 0.1) is 5.69 Å². The van der Waals surface area contributed by atoms with Crippen molar-refractivity contribution in [3.05, 3.63) is 29.8 Å². The standard InChI is InChI=1S/C9H12F2N2/c1-6(2)12-13-9-5-7(10)3-4-8(9)11/h3-6,12-13H,1-2H3. The van der Waals surface area contributed by atoms with E-state index in [2.05, 4.69) is 10.9 Å². The Labute approximate surface area is 75.9 Å². The van der Waals surface area contributed by atoms with Crippen LogP contribution in [0.3, 0.4) is 0 Å². The first-order valence-electron chi connectivity index (χ1n) is 4.06. The molecule has 2 N–H and O–H groups in total. The van der Waals surface area contributed by atoms with Crippen molar-refractivity contribution in [1.29, 1.82) is 0 Å². The first-order chi connectivity index (χ1) is 6.09. The lowest BCUT2D eigenvalue weighted by molar-refractivity contribution is 0.592. The molecule has 0 heterocycles. The van der Waals surface area contributed by atoms with E-state index >= 15 is 0 Å². The molecule has 1 aromatic carbocycles. The van der Waals surface area contributed by atoms with Crippen molar-refractivity contribution in [3.8, 4) is 0 Å². The highest BCUT2D eigenvalue weighted by Crippen LogP contribution is 2.13. The van der Waals surface area contributed by atoms with Crippen molar-refractivity contribution in [2.45, 2.75) is 19.9 Å². The molecule has 1 rings (SSSR count). The van der Waals surface area contributed by atoms with Crippen LogP contribution in [0.15, 0.2) is 18.2 Å². The van der Waals surface area contributed by atoms with Gasteiger partial charge in [0.1, 0.15) is 11.6 Å². The second kappa shape index (κ2) is 4.18. The number of benzene rings is 1. The van der Waals surface area contributed by atoms with Gasteiger partial charge in [-0.15, -0.1) is 0 Å². The molecule has 72 valence electrons. The molecular formula is C9H12F2N2. The first-order valence-corrected chi connectivity index (χ1v) is 4.06. The topological polar surface area (TPSA) is 24.1 Å². The van der Waals surface area contributed by atoms with E-state index in [9.17, 15) is 8.78 Å². The maximum absolute atomic E-state index is 13.0. The minimum Gasteiger partial charge on any atom is -0.318 e. The third-order valence-electron chi connectivity index (χ3n) is 1.42. The van der Waals surface area contributed by atoms with Crippen LogP contribution in [0.1, 0.15) is 13.8 Å².